The Kier molecular flexibility index (Phi) is 10.9. The number of halogens is 9. The molecule has 2 aromatic rings. The summed E-state index contributed by atoms with van der Waals surface area (Å²) in [7, 11) is 0. The summed E-state index contributed by atoms with van der Waals surface area (Å²) in [5.41, 5.74) is -0.643. The minimum Gasteiger partial charge on any atom is -0.449 e. The summed E-state index contributed by atoms with van der Waals surface area (Å²) >= 11 is 0. The van der Waals surface area contributed by atoms with Crippen molar-refractivity contribution >= 4 is 17.7 Å². The Labute approximate surface area is 293 Å². The number of carbonyl (C=O) groups is 1. The lowest BCUT2D eigenvalue weighted by atomic mass is 9.77. The molecule has 52 heavy (non-hydrogen) atoms. The van der Waals surface area contributed by atoms with Crippen LogP contribution in [0.3, 0.4) is 0 Å². The van der Waals surface area contributed by atoms with Gasteiger partial charge in [0.05, 0.1) is 42.1 Å². The molecule has 10 nitrogen and oxygen atoms in total. The Morgan fingerprint density at radius 2 is 1.56 bits per heavy atom. The second kappa shape index (κ2) is 14.5. The molecular weight excluding hydrogens is 715 g/mol. The van der Waals surface area contributed by atoms with Gasteiger partial charge in [0.25, 0.3) is 0 Å². The molecule has 3 aliphatic heterocycles. The molecule has 1 unspecified atom stereocenters. The van der Waals surface area contributed by atoms with Crippen LogP contribution < -0.4 is 21.2 Å². The number of ether oxygens (including phenoxy) is 3. The van der Waals surface area contributed by atoms with E-state index in [4.69, 9.17) is 14.2 Å². The number of hydrazine groups is 2. The number of hydrazone groups is 1. The summed E-state index contributed by atoms with van der Waals surface area (Å²) in [5.74, 6) is -1.80. The third-order valence-electron chi connectivity index (χ3n) is 9.46. The fourth-order valence-corrected chi connectivity index (χ4v) is 6.85. The number of guanidine groups is 1. The van der Waals surface area contributed by atoms with E-state index < -0.39 is 70.7 Å². The van der Waals surface area contributed by atoms with Crippen molar-refractivity contribution in [1.82, 2.24) is 21.4 Å². The first kappa shape index (κ1) is 39.2. The second-order valence-electron chi connectivity index (χ2n) is 12.8. The highest BCUT2D eigenvalue weighted by Crippen LogP contribution is 2.48. The van der Waals surface area contributed by atoms with Crippen LogP contribution in [0.4, 0.5) is 50.0 Å². The van der Waals surface area contributed by atoms with Gasteiger partial charge < -0.3 is 19.5 Å². The molecule has 1 fully saturated rings. The van der Waals surface area contributed by atoms with Crippen LogP contribution in [-0.4, -0.2) is 54.5 Å². The van der Waals surface area contributed by atoms with Gasteiger partial charge >= 0.3 is 24.6 Å². The zero-order chi connectivity index (χ0) is 38.3. The van der Waals surface area contributed by atoms with Crippen LogP contribution >= 0.6 is 0 Å². The number of hydrogen-bond donors (Lipinski definition) is 3. The van der Waals surface area contributed by atoms with Gasteiger partial charge in [0.1, 0.15) is 11.8 Å². The Morgan fingerprint density at radius 1 is 0.923 bits per heavy atom. The van der Waals surface area contributed by atoms with Crippen LogP contribution in [0.1, 0.15) is 87.1 Å². The summed E-state index contributed by atoms with van der Waals surface area (Å²) < 4.78 is 142. The van der Waals surface area contributed by atoms with Crippen molar-refractivity contribution in [3.63, 3.8) is 0 Å². The third-order valence-corrected chi connectivity index (χ3v) is 9.46. The number of alkyl halides is 9. The lowest BCUT2D eigenvalue weighted by molar-refractivity contribution is -0.174. The molecular formula is C33H39F9N6O4. The average Bonchev–Trinajstić information content (AvgIpc) is 3.70. The van der Waals surface area contributed by atoms with E-state index in [2.05, 4.69) is 21.4 Å². The van der Waals surface area contributed by atoms with Gasteiger partial charge in [-0.3, -0.25) is 10.3 Å². The number of carbonyl (C=O) groups excluding carboxylic acids is 1. The summed E-state index contributed by atoms with van der Waals surface area (Å²) in [6, 6.07) is 3.62. The van der Waals surface area contributed by atoms with Crippen molar-refractivity contribution in [2.24, 2.45) is 5.10 Å². The third kappa shape index (κ3) is 8.15. The zero-order valence-electron chi connectivity index (χ0n) is 28.7. The number of benzene rings is 2. The zero-order valence-corrected chi connectivity index (χ0v) is 28.7. The van der Waals surface area contributed by atoms with E-state index in [0.29, 0.717) is 31.6 Å². The first-order valence-electron chi connectivity index (χ1n) is 16.7. The molecule has 0 spiro atoms. The van der Waals surface area contributed by atoms with E-state index in [0.717, 1.165) is 23.1 Å². The molecule has 5 rings (SSSR count). The highest BCUT2D eigenvalue weighted by Gasteiger charge is 2.50. The molecule has 0 aliphatic carbocycles. The number of hydrogen-bond acceptors (Lipinski definition) is 9. The summed E-state index contributed by atoms with van der Waals surface area (Å²) in [5, 5.41) is 8.86. The van der Waals surface area contributed by atoms with Crippen LogP contribution in [0.2, 0.25) is 0 Å². The van der Waals surface area contributed by atoms with Gasteiger partial charge in [0, 0.05) is 0 Å². The van der Waals surface area contributed by atoms with Crippen LogP contribution in [0.5, 0.6) is 0 Å². The molecule has 1 amide bonds. The Hall–Kier alpha value is -3.97. The van der Waals surface area contributed by atoms with E-state index in [1.165, 1.54) is 12.0 Å². The molecule has 0 aromatic heterocycles. The van der Waals surface area contributed by atoms with E-state index >= 15 is 0 Å². The van der Waals surface area contributed by atoms with Gasteiger partial charge in [-0.15, -0.1) is 10.2 Å². The molecule has 288 valence electrons. The van der Waals surface area contributed by atoms with Crippen molar-refractivity contribution in [3.8, 4) is 0 Å². The van der Waals surface area contributed by atoms with Gasteiger partial charge in [-0.1, -0.05) is 20.8 Å². The minimum absolute atomic E-state index is 0.0175. The van der Waals surface area contributed by atoms with Crippen LogP contribution in [0, 0.1) is 0 Å². The van der Waals surface area contributed by atoms with Crippen molar-refractivity contribution in [3.05, 3.63) is 64.2 Å². The highest BCUT2D eigenvalue weighted by atomic mass is 19.4. The summed E-state index contributed by atoms with van der Waals surface area (Å²) in [6.07, 6.45) is -16.0. The van der Waals surface area contributed by atoms with Gasteiger partial charge in [-0.2, -0.15) is 39.5 Å². The van der Waals surface area contributed by atoms with E-state index in [9.17, 15) is 44.3 Å². The maximum absolute atomic E-state index is 14.0. The van der Waals surface area contributed by atoms with Crippen molar-refractivity contribution in [2.75, 3.05) is 24.7 Å². The number of nitrogens with one attached hydrogen (secondary N) is 3. The number of nitrogens with zero attached hydrogens (tertiary/aromatic N) is 3. The quantitative estimate of drug-likeness (QED) is 0.225. The van der Waals surface area contributed by atoms with Gasteiger partial charge in [-0.05, 0) is 92.5 Å². The van der Waals surface area contributed by atoms with Crippen molar-refractivity contribution < 1.29 is 58.5 Å². The van der Waals surface area contributed by atoms with Crippen LogP contribution in [-0.2, 0) is 39.2 Å². The first-order chi connectivity index (χ1) is 24.3. The lowest BCUT2D eigenvalue weighted by Crippen LogP contribution is -2.67. The Balaban J connectivity index is 1.54. The van der Waals surface area contributed by atoms with E-state index in [1.54, 1.807) is 6.92 Å². The molecule has 1 saturated heterocycles. The standard InChI is InChI=1S/C33H39F9N6O4/c1-5-29(43-27-44-46-47(45-27)17-24-18-51-30(6-2,7-3)52-24)16-20(11-19-12-22(32(37,38)39)14-23(13-19)33(40,41)42)25-15-21(31(34,35)36)9-10-26(25)48(29)28(49)50-8-4/h9-10,12-15,20,24,46H,5-8,11,16-18H2,1-4H3,(H2,43,44,45)/t20-,24?,29+/m0/s1. The van der Waals surface area contributed by atoms with Crippen molar-refractivity contribution in [2.45, 2.75) is 102 Å². The van der Waals surface area contributed by atoms with E-state index in [-0.39, 0.29) is 55.4 Å². The van der Waals surface area contributed by atoms with Crippen molar-refractivity contribution in [1.29, 1.82) is 0 Å². The second-order valence-corrected chi connectivity index (χ2v) is 12.8. The topological polar surface area (TPSA) is 99.7 Å². The SMILES string of the molecule is CCOC(=O)N1c2ccc(C(F)(F)F)cc2[C@@H](Cc2cc(C(F)(F)F)cc(C(F)(F)F)c2)C[C@]1(CC)NC1=NNN(CC2COC(CC)(CC)O2)N1. The average molecular weight is 755 g/mol. The molecule has 3 N–H and O–H groups in total. The maximum atomic E-state index is 14.0. The van der Waals surface area contributed by atoms with E-state index in [1.807, 2.05) is 13.8 Å². The molecule has 0 saturated carbocycles. The maximum Gasteiger partial charge on any atom is 0.416 e. The normalized spacial score (nSPS) is 23.5. The number of rotatable bonds is 9. The first-order valence-corrected chi connectivity index (χ1v) is 16.7. The molecule has 19 heteroatoms. The van der Waals surface area contributed by atoms with Crippen LogP contribution in [0.25, 0.3) is 0 Å². The lowest BCUT2D eigenvalue weighted by Gasteiger charge is -2.50. The molecule has 3 aliphatic rings. The number of fused-ring (bicyclic) bond motifs is 1. The molecule has 3 heterocycles. The molecule has 0 radical (unpaired) electrons. The van der Waals surface area contributed by atoms with Gasteiger partial charge in [0.2, 0.25) is 5.96 Å². The number of anilines is 1. The Morgan fingerprint density at radius 3 is 2.10 bits per heavy atom. The monoisotopic (exact) mass is 754 g/mol. The molecule has 2 aromatic carbocycles. The molecule has 3 atom stereocenters. The fraction of sp³-hybridized carbons (Fsp3) is 0.576. The predicted molar refractivity (Wildman–Crippen MR) is 169 cm³/mol. The number of amides is 1. The highest BCUT2D eigenvalue weighted by molar-refractivity contribution is 5.93. The summed E-state index contributed by atoms with van der Waals surface area (Å²) in [6.45, 7) is 7.46. The smallest absolute Gasteiger partial charge is 0.416 e. The van der Waals surface area contributed by atoms with Gasteiger partial charge in [0.15, 0.2) is 5.79 Å². The van der Waals surface area contributed by atoms with Gasteiger partial charge in [-0.25, -0.2) is 10.3 Å². The molecule has 0 bridgehead atoms. The fourth-order valence-electron chi connectivity index (χ4n) is 6.85. The minimum atomic E-state index is -5.14. The largest absolute Gasteiger partial charge is 0.449 e. The predicted octanol–water partition coefficient (Wildman–Crippen LogP) is 7.66. The van der Waals surface area contributed by atoms with Crippen LogP contribution in [0.15, 0.2) is 41.5 Å². The Bertz CT molecular complexity index is 1610. The summed E-state index contributed by atoms with van der Waals surface area (Å²) in [4.78, 5) is 14.8.